The van der Waals surface area contributed by atoms with E-state index in [2.05, 4.69) is 15.3 Å². The van der Waals surface area contributed by atoms with E-state index in [0.717, 1.165) is 0 Å². The van der Waals surface area contributed by atoms with E-state index in [9.17, 15) is 4.79 Å². The molecule has 0 bridgehead atoms. The molecule has 3 aromatic rings. The lowest BCUT2D eigenvalue weighted by atomic mass is 10.2. The third kappa shape index (κ3) is 3.38. The zero-order valence-electron chi connectivity index (χ0n) is 13.3. The van der Waals surface area contributed by atoms with Gasteiger partial charge in [-0.15, -0.1) is 0 Å². The lowest BCUT2D eigenvalue weighted by Crippen LogP contribution is -2.11. The maximum atomic E-state index is 12.5. The maximum Gasteiger partial charge on any atom is 0.255 e. The average Bonchev–Trinajstić information content (AvgIpc) is 3.12. The highest BCUT2D eigenvalue weighted by molar-refractivity contribution is 6.32. The molecule has 7 nitrogen and oxygen atoms in total. The molecule has 2 aromatic carbocycles. The number of ether oxygens (including phenoxy) is 3. The second-order valence-electron chi connectivity index (χ2n) is 5.32. The number of nitrogens with zero attached hydrogens (tertiary/aromatic N) is 2. The highest BCUT2D eigenvalue weighted by Crippen LogP contribution is 2.40. The third-order valence-corrected chi connectivity index (χ3v) is 3.82. The summed E-state index contributed by atoms with van der Waals surface area (Å²) in [6.45, 7) is 0.0852. The Balaban J connectivity index is 1.51. The molecule has 0 unspecified atom stereocenters. The summed E-state index contributed by atoms with van der Waals surface area (Å²) in [6, 6.07) is 10.1. The van der Waals surface area contributed by atoms with Crippen molar-refractivity contribution in [2.75, 3.05) is 12.1 Å². The van der Waals surface area contributed by atoms with Gasteiger partial charge in [0.25, 0.3) is 5.91 Å². The molecule has 1 amide bonds. The molecule has 0 atom stereocenters. The predicted molar refractivity (Wildman–Crippen MR) is 94.1 cm³/mol. The van der Waals surface area contributed by atoms with Crippen molar-refractivity contribution in [3.63, 3.8) is 0 Å². The van der Waals surface area contributed by atoms with Gasteiger partial charge < -0.3 is 19.5 Å². The summed E-state index contributed by atoms with van der Waals surface area (Å²) >= 11 is 6.12. The van der Waals surface area contributed by atoms with Gasteiger partial charge >= 0.3 is 0 Å². The minimum absolute atomic E-state index is 0.0852. The Hall–Kier alpha value is -3.32. The Labute approximate surface area is 153 Å². The van der Waals surface area contributed by atoms with Gasteiger partial charge in [0.15, 0.2) is 11.5 Å². The Kier molecular flexibility index (Phi) is 4.28. The Morgan fingerprint density at radius 3 is 2.96 bits per heavy atom. The lowest BCUT2D eigenvalue weighted by Gasteiger charge is -2.09. The molecule has 0 saturated heterocycles. The van der Waals surface area contributed by atoms with Crippen LogP contribution in [0.25, 0.3) is 0 Å². The molecule has 0 fully saturated rings. The summed E-state index contributed by atoms with van der Waals surface area (Å²) in [6.07, 6.45) is 4.59. The van der Waals surface area contributed by atoms with Gasteiger partial charge in [0.1, 0.15) is 5.75 Å². The van der Waals surface area contributed by atoms with Gasteiger partial charge in [-0.25, -0.2) is 4.98 Å². The van der Waals surface area contributed by atoms with Gasteiger partial charge in [-0.3, -0.25) is 9.78 Å². The highest BCUT2D eigenvalue weighted by Gasteiger charge is 2.20. The van der Waals surface area contributed by atoms with Crippen LogP contribution in [0.3, 0.4) is 0 Å². The normalized spacial score (nSPS) is 11.9. The number of hydrogen-bond acceptors (Lipinski definition) is 6. The zero-order valence-corrected chi connectivity index (χ0v) is 14.1. The molecule has 130 valence electrons. The number of carbonyl (C=O) groups excluding carboxylic acids is 1. The molecule has 0 spiro atoms. The van der Waals surface area contributed by atoms with E-state index in [4.69, 9.17) is 25.8 Å². The number of amides is 1. The van der Waals surface area contributed by atoms with Gasteiger partial charge in [0.05, 0.1) is 11.2 Å². The van der Waals surface area contributed by atoms with E-state index in [0.29, 0.717) is 39.4 Å². The van der Waals surface area contributed by atoms with Crippen LogP contribution in [0, 0.1) is 0 Å². The van der Waals surface area contributed by atoms with Crippen molar-refractivity contribution in [3.8, 4) is 23.1 Å². The smallest absolute Gasteiger partial charge is 0.255 e. The summed E-state index contributed by atoms with van der Waals surface area (Å²) in [5.74, 6) is 1.44. The van der Waals surface area contributed by atoms with E-state index < -0.39 is 0 Å². The Morgan fingerprint density at radius 1 is 1.19 bits per heavy atom. The van der Waals surface area contributed by atoms with E-state index >= 15 is 0 Å². The number of aromatic nitrogens is 2. The Morgan fingerprint density at radius 2 is 2.12 bits per heavy atom. The van der Waals surface area contributed by atoms with E-state index in [1.807, 2.05) is 0 Å². The van der Waals surface area contributed by atoms with Crippen LogP contribution in [-0.4, -0.2) is 22.7 Å². The standard InChI is InChI=1S/C18H12ClN3O4/c19-14-6-11(7-15-17(14)25-10-24-15)18(23)22-12-2-1-3-13(8-12)26-16-9-20-4-5-21-16/h1-9H,10H2,(H,22,23). The van der Waals surface area contributed by atoms with Crippen molar-refractivity contribution in [1.29, 1.82) is 0 Å². The summed E-state index contributed by atoms with van der Waals surface area (Å²) in [5.41, 5.74) is 0.921. The molecule has 1 aliphatic rings. The number of rotatable bonds is 4. The van der Waals surface area contributed by atoms with Crippen molar-refractivity contribution < 1.29 is 19.0 Å². The van der Waals surface area contributed by atoms with Gasteiger partial charge in [0.2, 0.25) is 12.7 Å². The first-order valence-corrected chi connectivity index (χ1v) is 8.01. The number of fused-ring (bicyclic) bond motifs is 1. The minimum Gasteiger partial charge on any atom is -0.454 e. The highest BCUT2D eigenvalue weighted by atomic mass is 35.5. The Bertz CT molecular complexity index is 966. The first-order chi connectivity index (χ1) is 12.7. The molecule has 1 aromatic heterocycles. The first-order valence-electron chi connectivity index (χ1n) is 7.63. The quantitative estimate of drug-likeness (QED) is 0.751. The van der Waals surface area contributed by atoms with E-state index in [1.165, 1.54) is 18.5 Å². The number of halogens is 1. The van der Waals surface area contributed by atoms with E-state index in [-0.39, 0.29) is 12.7 Å². The first kappa shape index (κ1) is 16.2. The molecule has 4 rings (SSSR count). The molecule has 0 saturated carbocycles. The summed E-state index contributed by atoms with van der Waals surface area (Å²) in [5, 5.41) is 3.12. The van der Waals surface area contributed by atoms with Gasteiger partial charge in [-0.1, -0.05) is 17.7 Å². The molecule has 26 heavy (non-hydrogen) atoms. The fraction of sp³-hybridized carbons (Fsp3) is 0.0556. The molecule has 0 aliphatic carbocycles. The molecular weight excluding hydrogens is 358 g/mol. The molecular formula is C18H12ClN3O4. The van der Waals surface area contributed by atoms with Crippen LogP contribution in [0.4, 0.5) is 5.69 Å². The summed E-state index contributed by atoms with van der Waals surface area (Å²) in [4.78, 5) is 20.5. The predicted octanol–water partition coefficient (Wildman–Crippen LogP) is 3.90. The average molecular weight is 370 g/mol. The van der Waals surface area contributed by atoms with Crippen LogP contribution in [0.2, 0.25) is 5.02 Å². The largest absolute Gasteiger partial charge is 0.454 e. The maximum absolute atomic E-state index is 12.5. The van der Waals surface area contributed by atoms with Crippen molar-refractivity contribution in [3.05, 3.63) is 65.6 Å². The van der Waals surface area contributed by atoms with Crippen LogP contribution in [-0.2, 0) is 0 Å². The zero-order chi connectivity index (χ0) is 17.9. The van der Waals surface area contributed by atoms with Gasteiger partial charge in [0, 0.05) is 29.7 Å². The lowest BCUT2D eigenvalue weighted by molar-refractivity contribution is 0.102. The number of benzene rings is 2. The number of anilines is 1. The van der Waals surface area contributed by atoms with Gasteiger partial charge in [-0.05, 0) is 24.3 Å². The number of carbonyl (C=O) groups is 1. The van der Waals surface area contributed by atoms with Crippen LogP contribution in [0.15, 0.2) is 55.0 Å². The second-order valence-corrected chi connectivity index (χ2v) is 5.73. The van der Waals surface area contributed by atoms with Crippen molar-refractivity contribution in [2.45, 2.75) is 0 Å². The summed E-state index contributed by atoms with van der Waals surface area (Å²) < 4.78 is 16.1. The number of hydrogen-bond donors (Lipinski definition) is 1. The monoisotopic (exact) mass is 369 g/mol. The molecule has 8 heteroatoms. The van der Waals surface area contributed by atoms with E-state index in [1.54, 1.807) is 36.5 Å². The fourth-order valence-electron chi connectivity index (χ4n) is 2.40. The van der Waals surface area contributed by atoms with Crippen LogP contribution in [0.5, 0.6) is 23.1 Å². The molecule has 0 radical (unpaired) electrons. The third-order valence-electron chi connectivity index (χ3n) is 3.54. The SMILES string of the molecule is O=C(Nc1cccc(Oc2cnccn2)c1)c1cc(Cl)c2c(c1)OCO2. The van der Waals surface area contributed by atoms with Crippen molar-refractivity contribution >= 4 is 23.2 Å². The number of nitrogens with one attached hydrogen (secondary N) is 1. The van der Waals surface area contributed by atoms with Crippen molar-refractivity contribution in [2.24, 2.45) is 0 Å². The van der Waals surface area contributed by atoms with Crippen LogP contribution >= 0.6 is 11.6 Å². The fourth-order valence-corrected chi connectivity index (χ4v) is 2.66. The second kappa shape index (κ2) is 6.89. The van der Waals surface area contributed by atoms with Crippen molar-refractivity contribution in [1.82, 2.24) is 9.97 Å². The van der Waals surface area contributed by atoms with Gasteiger partial charge in [-0.2, -0.15) is 0 Å². The minimum atomic E-state index is -0.332. The van der Waals surface area contributed by atoms with Crippen LogP contribution < -0.4 is 19.5 Å². The topological polar surface area (TPSA) is 82.6 Å². The molecule has 2 heterocycles. The summed E-state index contributed by atoms with van der Waals surface area (Å²) in [7, 11) is 0. The molecule has 1 N–H and O–H groups in total. The van der Waals surface area contributed by atoms with Crippen LogP contribution in [0.1, 0.15) is 10.4 Å². The molecule has 1 aliphatic heterocycles.